The summed E-state index contributed by atoms with van der Waals surface area (Å²) in [5.74, 6) is -0.248. The average Bonchev–Trinajstić information content (AvgIpc) is 2.10. The fraction of sp³-hybridized carbons (Fsp3) is 0.455. The molecule has 0 amide bonds. The Bertz CT molecular complexity index is 297. The van der Waals surface area contributed by atoms with Gasteiger partial charge in [-0.2, -0.15) is 0 Å². The monoisotopic (exact) mass is 199 g/mol. The van der Waals surface area contributed by atoms with Gasteiger partial charge in [0.05, 0.1) is 0 Å². The van der Waals surface area contributed by atoms with Crippen molar-refractivity contribution in [3.63, 3.8) is 0 Å². The minimum absolute atomic E-state index is 0.359. The van der Waals surface area contributed by atoms with E-state index in [1.807, 2.05) is 0 Å². The maximum atomic E-state index is 13.1. The van der Waals surface area contributed by atoms with Crippen LogP contribution in [0.4, 0.5) is 8.78 Å². The normalized spacial score (nSPS) is 10.9. The first-order chi connectivity index (χ1) is 6.59. The van der Waals surface area contributed by atoms with Crippen molar-refractivity contribution in [2.75, 3.05) is 6.54 Å². The lowest BCUT2D eigenvalue weighted by Gasteiger charge is -2.08. The molecule has 0 saturated heterocycles. The zero-order valence-electron chi connectivity index (χ0n) is 8.48. The zero-order valence-corrected chi connectivity index (χ0v) is 8.48. The lowest BCUT2D eigenvalue weighted by molar-refractivity contribution is 0.529. The second-order valence-electron chi connectivity index (χ2n) is 3.76. The zero-order chi connectivity index (χ0) is 10.6. The summed E-state index contributed by atoms with van der Waals surface area (Å²) in [6.45, 7) is 5.31. The molecule has 1 aromatic rings. The molecule has 1 rings (SSSR count). The van der Waals surface area contributed by atoms with Gasteiger partial charge in [-0.05, 0) is 30.7 Å². The van der Waals surface area contributed by atoms with Gasteiger partial charge in [-0.15, -0.1) is 0 Å². The molecule has 0 saturated carbocycles. The Balaban J connectivity index is 2.53. The van der Waals surface area contributed by atoms with Crippen LogP contribution in [-0.4, -0.2) is 6.54 Å². The number of hydrogen-bond acceptors (Lipinski definition) is 1. The van der Waals surface area contributed by atoms with Gasteiger partial charge in [0, 0.05) is 12.1 Å². The first-order valence-electron chi connectivity index (χ1n) is 4.74. The van der Waals surface area contributed by atoms with Crippen molar-refractivity contribution >= 4 is 0 Å². The summed E-state index contributed by atoms with van der Waals surface area (Å²) in [6.07, 6.45) is 0. The maximum Gasteiger partial charge on any atom is 0.127 e. The smallest absolute Gasteiger partial charge is 0.127 e. The summed E-state index contributed by atoms with van der Waals surface area (Å²) in [5, 5.41) is 3.06. The molecule has 0 aliphatic carbocycles. The van der Waals surface area contributed by atoms with E-state index in [2.05, 4.69) is 19.2 Å². The van der Waals surface area contributed by atoms with Crippen molar-refractivity contribution in [1.82, 2.24) is 5.32 Å². The molecule has 1 aromatic carbocycles. The van der Waals surface area contributed by atoms with Crippen LogP contribution in [0.2, 0.25) is 0 Å². The van der Waals surface area contributed by atoms with Crippen molar-refractivity contribution in [2.45, 2.75) is 20.4 Å². The molecule has 0 spiro atoms. The van der Waals surface area contributed by atoms with Crippen LogP contribution in [0, 0.1) is 17.6 Å². The van der Waals surface area contributed by atoms with E-state index in [9.17, 15) is 8.78 Å². The Hall–Kier alpha value is -0.960. The molecule has 78 valence electrons. The minimum Gasteiger partial charge on any atom is -0.312 e. The van der Waals surface area contributed by atoms with Crippen LogP contribution in [0.3, 0.4) is 0 Å². The Morgan fingerprint density at radius 3 is 2.64 bits per heavy atom. The molecule has 1 nitrogen and oxygen atoms in total. The van der Waals surface area contributed by atoms with Gasteiger partial charge in [0.25, 0.3) is 0 Å². The Labute approximate surface area is 83.1 Å². The van der Waals surface area contributed by atoms with Gasteiger partial charge in [-0.3, -0.25) is 0 Å². The fourth-order valence-electron chi connectivity index (χ4n) is 1.17. The third-order valence-electron chi connectivity index (χ3n) is 1.88. The molecule has 0 radical (unpaired) electrons. The molecule has 0 unspecified atom stereocenters. The number of nitrogens with one attached hydrogen (secondary N) is 1. The number of hydrogen-bond donors (Lipinski definition) is 1. The summed E-state index contributed by atoms with van der Waals surface area (Å²) in [6, 6.07) is 3.51. The van der Waals surface area contributed by atoms with E-state index in [1.54, 1.807) is 0 Å². The summed E-state index contributed by atoms with van der Waals surface area (Å²) in [5.41, 5.74) is 0.380. The molecule has 0 aliphatic heterocycles. The predicted octanol–water partition coefficient (Wildman–Crippen LogP) is 2.71. The molecule has 1 N–H and O–H groups in total. The second-order valence-corrected chi connectivity index (χ2v) is 3.76. The molecular weight excluding hydrogens is 184 g/mol. The Kier molecular flexibility index (Phi) is 4.01. The molecule has 0 atom stereocenters. The van der Waals surface area contributed by atoms with E-state index < -0.39 is 5.82 Å². The minimum atomic E-state index is -0.396. The van der Waals surface area contributed by atoms with Gasteiger partial charge in [0.15, 0.2) is 0 Å². The second kappa shape index (κ2) is 5.05. The summed E-state index contributed by atoms with van der Waals surface area (Å²) in [4.78, 5) is 0. The molecular formula is C11H15F2N. The summed E-state index contributed by atoms with van der Waals surface area (Å²) in [7, 11) is 0. The van der Waals surface area contributed by atoms with E-state index in [0.717, 1.165) is 18.7 Å². The first-order valence-corrected chi connectivity index (χ1v) is 4.74. The van der Waals surface area contributed by atoms with Gasteiger partial charge < -0.3 is 5.32 Å². The molecule has 0 fully saturated rings. The highest BCUT2D eigenvalue weighted by Crippen LogP contribution is 2.09. The molecule has 0 heterocycles. The number of halogens is 2. The van der Waals surface area contributed by atoms with Crippen molar-refractivity contribution in [3.05, 3.63) is 35.4 Å². The van der Waals surface area contributed by atoms with Gasteiger partial charge in [0.1, 0.15) is 11.6 Å². The van der Waals surface area contributed by atoms with Crippen LogP contribution in [0.15, 0.2) is 18.2 Å². The van der Waals surface area contributed by atoms with E-state index in [0.29, 0.717) is 18.0 Å². The quantitative estimate of drug-likeness (QED) is 0.786. The maximum absolute atomic E-state index is 13.1. The molecule has 0 aliphatic rings. The van der Waals surface area contributed by atoms with Crippen molar-refractivity contribution in [2.24, 2.45) is 5.92 Å². The number of rotatable bonds is 4. The third kappa shape index (κ3) is 3.42. The van der Waals surface area contributed by atoms with Crippen LogP contribution in [0.1, 0.15) is 19.4 Å². The van der Waals surface area contributed by atoms with E-state index in [1.165, 1.54) is 6.07 Å². The lowest BCUT2D eigenvalue weighted by Crippen LogP contribution is -2.19. The van der Waals surface area contributed by atoms with Crippen LogP contribution >= 0.6 is 0 Å². The van der Waals surface area contributed by atoms with Gasteiger partial charge in [0.2, 0.25) is 0 Å². The highest BCUT2D eigenvalue weighted by atomic mass is 19.1. The molecule has 0 bridgehead atoms. The van der Waals surface area contributed by atoms with E-state index >= 15 is 0 Å². The summed E-state index contributed by atoms with van der Waals surface area (Å²) < 4.78 is 25.8. The fourth-order valence-corrected chi connectivity index (χ4v) is 1.17. The highest BCUT2D eigenvalue weighted by Gasteiger charge is 2.03. The molecule has 3 heteroatoms. The Morgan fingerprint density at radius 1 is 1.29 bits per heavy atom. The third-order valence-corrected chi connectivity index (χ3v) is 1.88. The van der Waals surface area contributed by atoms with Crippen molar-refractivity contribution < 1.29 is 8.78 Å². The largest absolute Gasteiger partial charge is 0.312 e. The van der Waals surface area contributed by atoms with Crippen LogP contribution in [0.25, 0.3) is 0 Å². The van der Waals surface area contributed by atoms with E-state index in [-0.39, 0.29) is 5.82 Å². The highest BCUT2D eigenvalue weighted by molar-refractivity contribution is 5.18. The SMILES string of the molecule is CC(C)CNCc1cc(F)ccc1F. The first kappa shape index (κ1) is 11.1. The number of benzene rings is 1. The lowest BCUT2D eigenvalue weighted by atomic mass is 10.2. The molecule has 0 aromatic heterocycles. The van der Waals surface area contributed by atoms with Crippen LogP contribution in [-0.2, 0) is 6.54 Å². The van der Waals surface area contributed by atoms with E-state index in [4.69, 9.17) is 0 Å². The Morgan fingerprint density at radius 2 is 2.00 bits per heavy atom. The van der Waals surface area contributed by atoms with Crippen LogP contribution in [0.5, 0.6) is 0 Å². The van der Waals surface area contributed by atoms with Gasteiger partial charge in [-0.1, -0.05) is 13.8 Å². The van der Waals surface area contributed by atoms with Gasteiger partial charge >= 0.3 is 0 Å². The van der Waals surface area contributed by atoms with Gasteiger partial charge in [-0.25, -0.2) is 8.78 Å². The standard InChI is InChI=1S/C11H15F2N/c1-8(2)6-14-7-9-5-10(12)3-4-11(9)13/h3-5,8,14H,6-7H2,1-2H3. The predicted molar refractivity (Wildman–Crippen MR) is 52.9 cm³/mol. The topological polar surface area (TPSA) is 12.0 Å². The summed E-state index contributed by atoms with van der Waals surface area (Å²) >= 11 is 0. The molecule has 14 heavy (non-hydrogen) atoms. The average molecular weight is 199 g/mol. The van der Waals surface area contributed by atoms with Crippen molar-refractivity contribution in [3.8, 4) is 0 Å². The van der Waals surface area contributed by atoms with Crippen molar-refractivity contribution in [1.29, 1.82) is 0 Å². The van der Waals surface area contributed by atoms with Crippen LogP contribution < -0.4 is 5.32 Å².